The van der Waals surface area contributed by atoms with E-state index in [9.17, 15) is 18.0 Å². The summed E-state index contributed by atoms with van der Waals surface area (Å²) in [6, 6.07) is 0. The third-order valence-corrected chi connectivity index (χ3v) is 4.62. The minimum absolute atomic E-state index is 0.0150. The van der Waals surface area contributed by atoms with Crippen molar-refractivity contribution in [1.29, 1.82) is 0 Å². The molecule has 28 heavy (non-hydrogen) atoms. The van der Waals surface area contributed by atoms with Gasteiger partial charge in [-0.2, -0.15) is 13.2 Å². The van der Waals surface area contributed by atoms with E-state index in [2.05, 4.69) is 6.58 Å². The zero-order valence-corrected chi connectivity index (χ0v) is 15.4. The molecule has 0 aromatic carbocycles. The molecule has 0 saturated carbocycles. The van der Waals surface area contributed by atoms with Crippen LogP contribution in [0.5, 0.6) is 0 Å². The molecule has 2 unspecified atom stereocenters. The molecule has 1 fully saturated rings. The quantitative estimate of drug-likeness (QED) is 0.392. The molecule has 4 nitrogen and oxygen atoms in total. The second-order valence-corrected chi connectivity index (χ2v) is 6.54. The molecule has 2 atom stereocenters. The van der Waals surface area contributed by atoms with Crippen molar-refractivity contribution >= 4 is 5.78 Å². The van der Waals surface area contributed by atoms with Crippen molar-refractivity contribution in [2.24, 2.45) is 0 Å². The van der Waals surface area contributed by atoms with Gasteiger partial charge in [-0.3, -0.25) is 4.79 Å². The van der Waals surface area contributed by atoms with Gasteiger partial charge in [-0.05, 0) is 31.1 Å². The largest absolute Gasteiger partial charge is 0.493 e. The average molecular weight is 394 g/mol. The van der Waals surface area contributed by atoms with Gasteiger partial charge in [-0.25, -0.2) is 0 Å². The van der Waals surface area contributed by atoms with Crippen LogP contribution >= 0.6 is 0 Å². The molecular formula is C21H21F3O4. The number of rotatable bonds is 5. The van der Waals surface area contributed by atoms with Crippen molar-refractivity contribution in [1.82, 2.24) is 0 Å². The third kappa shape index (κ3) is 4.30. The van der Waals surface area contributed by atoms with Crippen LogP contribution < -0.4 is 0 Å². The zero-order chi connectivity index (χ0) is 20.3. The number of carbonyl (C=O) groups excluding carboxylic acids is 1. The molecule has 3 rings (SSSR count). The number of ether oxygens (including phenoxy) is 3. The molecule has 0 aromatic heterocycles. The van der Waals surface area contributed by atoms with Gasteiger partial charge >= 0.3 is 6.18 Å². The minimum atomic E-state index is -4.52. The summed E-state index contributed by atoms with van der Waals surface area (Å²) < 4.78 is 56.8. The fourth-order valence-electron chi connectivity index (χ4n) is 3.34. The van der Waals surface area contributed by atoms with Crippen LogP contribution in [0.2, 0.25) is 0 Å². The number of hydrogen-bond acceptors (Lipinski definition) is 4. The summed E-state index contributed by atoms with van der Waals surface area (Å²) in [5.74, 6) is 0.278. The van der Waals surface area contributed by atoms with Crippen LogP contribution in [0.15, 0.2) is 71.3 Å². The van der Waals surface area contributed by atoms with E-state index in [1.165, 1.54) is 19.1 Å². The lowest BCUT2D eigenvalue weighted by Gasteiger charge is -2.30. The second kappa shape index (κ2) is 8.22. The molecule has 1 saturated heterocycles. The van der Waals surface area contributed by atoms with Gasteiger partial charge in [-0.15, -0.1) is 0 Å². The maximum absolute atomic E-state index is 13.3. The fourth-order valence-corrected chi connectivity index (χ4v) is 3.34. The van der Waals surface area contributed by atoms with Gasteiger partial charge < -0.3 is 14.2 Å². The minimum Gasteiger partial charge on any atom is -0.493 e. The van der Waals surface area contributed by atoms with E-state index in [0.717, 1.165) is 6.08 Å². The van der Waals surface area contributed by atoms with Crippen LogP contribution in [0.25, 0.3) is 0 Å². The van der Waals surface area contributed by atoms with Crippen molar-refractivity contribution in [2.45, 2.75) is 38.1 Å². The lowest BCUT2D eigenvalue weighted by atomic mass is 9.93. The number of allylic oxidation sites excluding steroid dienone is 6. The van der Waals surface area contributed by atoms with Crippen LogP contribution in [0.3, 0.4) is 0 Å². The second-order valence-electron chi connectivity index (χ2n) is 6.54. The van der Waals surface area contributed by atoms with Crippen LogP contribution in [0.1, 0.15) is 19.8 Å². The van der Waals surface area contributed by atoms with Crippen molar-refractivity contribution < 1.29 is 32.2 Å². The number of carbonyl (C=O) groups is 1. The Bertz CT molecular complexity index is 812. The fraction of sp³-hybridized carbons (Fsp3) is 0.381. The monoisotopic (exact) mass is 394 g/mol. The number of fused-ring (bicyclic) bond motifs is 1. The summed E-state index contributed by atoms with van der Waals surface area (Å²) in [6.45, 7) is 5.88. The highest BCUT2D eigenvalue weighted by atomic mass is 19.4. The Labute approximate surface area is 161 Å². The van der Waals surface area contributed by atoms with Crippen molar-refractivity contribution in [2.75, 3.05) is 13.2 Å². The van der Waals surface area contributed by atoms with E-state index < -0.39 is 17.9 Å². The summed E-state index contributed by atoms with van der Waals surface area (Å²) in [5, 5.41) is 0. The number of ketones is 1. The molecule has 0 radical (unpaired) electrons. The average Bonchev–Trinajstić information content (AvgIpc) is 2.66. The first kappa shape index (κ1) is 20.2. The van der Waals surface area contributed by atoms with Gasteiger partial charge in [0.25, 0.3) is 0 Å². The first-order valence-corrected chi connectivity index (χ1v) is 8.96. The molecule has 1 heterocycles. The molecule has 2 aliphatic carbocycles. The van der Waals surface area contributed by atoms with Crippen LogP contribution in [-0.2, 0) is 19.0 Å². The van der Waals surface area contributed by atoms with Crippen molar-refractivity contribution in [3.05, 3.63) is 71.3 Å². The Morgan fingerprint density at radius 3 is 2.79 bits per heavy atom. The molecule has 0 amide bonds. The predicted octanol–water partition coefficient (Wildman–Crippen LogP) is 4.48. The standard InChI is InChI=1S/C21H21F3O4/c1-3-16(28-17-7-5-4-6-15(17)21(22,23)24)20(13(2)25)14-8-9-18-19(12-14)27-11-10-26-18/h3-6,8,12,17-18H,1,7,9-11H2,2H3/b20-16+. The maximum Gasteiger partial charge on any atom is 0.416 e. The normalized spacial score (nSPS) is 25.4. The Morgan fingerprint density at radius 1 is 1.32 bits per heavy atom. The molecule has 3 aliphatic rings. The van der Waals surface area contributed by atoms with E-state index in [-0.39, 0.29) is 29.6 Å². The smallest absolute Gasteiger partial charge is 0.416 e. The summed E-state index contributed by atoms with van der Waals surface area (Å²) in [5.41, 5.74) is -0.0912. The van der Waals surface area contributed by atoms with E-state index in [4.69, 9.17) is 14.2 Å². The molecule has 0 spiro atoms. The van der Waals surface area contributed by atoms with E-state index in [1.54, 1.807) is 18.2 Å². The SMILES string of the molecule is C=C/C(OC1CC=CC=C1C(F)(F)F)=C(/C(C)=O)C1=CCC2OCCOC2=C1. The van der Waals surface area contributed by atoms with Crippen LogP contribution in [0.4, 0.5) is 13.2 Å². The first-order chi connectivity index (χ1) is 13.3. The lowest BCUT2D eigenvalue weighted by molar-refractivity contribution is -0.113. The third-order valence-electron chi connectivity index (χ3n) is 4.62. The number of alkyl halides is 3. The van der Waals surface area contributed by atoms with Crippen LogP contribution in [-0.4, -0.2) is 37.4 Å². The predicted molar refractivity (Wildman–Crippen MR) is 97.1 cm³/mol. The molecular weight excluding hydrogens is 373 g/mol. The summed E-state index contributed by atoms with van der Waals surface area (Å²) in [6.07, 6.45) is 3.25. The van der Waals surface area contributed by atoms with E-state index in [1.807, 2.05) is 0 Å². The van der Waals surface area contributed by atoms with Crippen molar-refractivity contribution in [3.8, 4) is 0 Å². The van der Waals surface area contributed by atoms with Gasteiger partial charge in [0.05, 0.1) is 17.8 Å². The van der Waals surface area contributed by atoms with Crippen molar-refractivity contribution in [3.63, 3.8) is 0 Å². The Hall–Kier alpha value is -2.54. The highest BCUT2D eigenvalue weighted by Gasteiger charge is 2.40. The van der Waals surface area contributed by atoms with Crippen LogP contribution in [0, 0.1) is 0 Å². The lowest BCUT2D eigenvalue weighted by Crippen LogP contribution is -2.29. The highest BCUT2D eigenvalue weighted by Crippen LogP contribution is 2.36. The van der Waals surface area contributed by atoms with Gasteiger partial charge in [0.2, 0.25) is 0 Å². The molecule has 0 bridgehead atoms. The van der Waals surface area contributed by atoms with Gasteiger partial charge in [0, 0.05) is 6.42 Å². The number of halogens is 3. The highest BCUT2D eigenvalue weighted by molar-refractivity contribution is 5.99. The molecule has 0 N–H and O–H groups in total. The molecule has 150 valence electrons. The van der Waals surface area contributed by atoms with Gasteiger partial charge in [0.1, 0.15) is 30.3 Å². The molecule has 0 aromatic rings. The molecule has 7 heteroatoms. The number of Topliss-reactive ketones (excluding diaryl/α,β-unsaturated/α-hetero) is 1. The Morgan fingerprint density at radius 2 is 2.11 bits per heavy atom. The Kier molecular flexibility index (Phi) is 5.93. The topological polar surface area (TPSA) is 44.8 Å². The summed E-state index contributed by atoms with van der Waals surface area (Å²) >= 11 is 0. The zero-order valence-electron chi connectivity index (χ0n) is 15.4. The maximum atomic E-state index is 13.3. The van der Waals surface area contributed by atoms with E-state index in [0.29, 0.717) is 31.0 Å². The van der Waals surface area contributed by atoms with E-state index >= 15 is 0 Å². The van der Waals surface area contributed by atoms with Gasteiger partial charge in [-0.1, -0.05) is 30.9 Å². The molecule has 1 aliphatic heterocycles. The number of hydrogen-bond donors (Lipinski definition) is 0. The summed E-state index contributed by atoms with van der Waals surface area (Å²) in [4.78, 5) is 12.3. The first-order valence-electron chi connectivity index (χ1n) is 8.96. The summed E-state index contributed by atoms with van der Waals surface area (Å²) in [7, 11) is 0. The Balaban J connectivity index is 1.94. The van der Waals surface area contributed by atoms with Gasteiger partial charge in [0.15, 0.2) is 5.78 Å².